The van der Waals surface area contributed by atoms with Crippen LogP contribution in [0.5, 0.6) is 5.75 Å². The van der Waals surface area contributed by atoms with Crippen molar-refractivity contribution in [2.45, 2.75) is 12.4 Å². The minimum Gasteiger partial charge on any atom is -0.496 e. The van der Waals surface area contributed by atoms with E-state index in [0.717, 1.165) is 16.8 Å². The first-order chi connectivity index (χ1) is 25.9. The van der Waals surface area contributed by atoms with Gasteiger partial charge in [0.1, 0.15) is 11.6 Å². The fraction of sp³-hybridized carbons (Fsp3) is 0.0682. The second kappa shape index (κ2) is 14.5. The van der Waals surface area contributed by atoms with E-state index in [9.17, 15) is 5.11 Å². The van der Waals surface area contributed by atoms with Crippen molar-refractivity contribution in [1.29, 1.82) is 0 Å². The van der Waals surface area contributed by atoms with Gasteiger partial charge in [0.25, 0.3) is 5.79 Å². The minimum atomic E-state index is -1.58. The number of aliphatic hydroxyl groups excluding tert-OH is 1. The molecule has 0 aliphatic carbocycles. The van der Waals surface area contributed by atoms with E-state index < -0.39 is 5.79 Å². The van der Waals surface area contributed by atoms with Crippen LogP contribution < -0.4 is 4.74 Å². The molecule has 1 N–H and O–H groups in total. The monoisotopic (exact) mass is 752 g/mol. The molecule has 1 aliphatic heterocycles. The zero-order valence-corrected chi connectivity index (χ0v) is 30.7. The second-order valence-corrected chi connectivity index (χ2v) is 13.6. The molecule has 1 aliphatic rings. The van der Waals surface area contributed by atoms with Crippen molar-refractivity contribution in [2.75, 3.05) is 7.11 Å². The van der Waals surface area contributed by atoms with Crippen LogP contribution in [-0.4, -0.2) is 33.2 Å². The third-order valence-corrected chi connectivity index (χ3v) is 10.2. The summed E-state index contributed by atoms with van der Waals surface area (Å²) in [4.78, 5) is 16.7. The van der Waals surface area contributed by atoms with Crippen LogP contribution in [-0.2, 0) is 12.4 Å². The maximum atomic E-state index is 10.1. The van der Waals surface area contributed by atoms with Crippen molar-refractivity contribution in [2.24, 2.45) is 9.98 Å². The van der Waals surface area contributed by atoms with E-state index in [1.54, 1.807) is 7.11 Å². The lowest BCUT2D eigenvalue weighted by Crippen LogP contribution is -2.31. The highest BCUT2D eigenvalue weighted by molar-refractivity contribution is 6.56. The predicted molar refractivity (Wildman–Crippen MR) is 216 cm³/mol. The number of hydrogen-bond acceptors (Lipinski definition) is 5. The third kappa shape index (κ3) is 6.14. The number of ether oxygens (including phenoxy) is 1. The summed E-state index contributed by atoms with van der Waals surface area (Å²) in [5.74, 6) is -0.531. The molecule has 0 radical (unpaired) electrons. The summed E-state index contributed by atoms with van der Waals surface area (Å²) in [6.07, 6.45) is 0. The number of nitrogens with zero attached hydrogens (tertiary/aromatic N) is 4. The SMILES string of the molecule is COc1cc(C2=NC(c3ccccc3Cl)(n3c(-c4ccccc4Cl)nc(-c4ccccc4)c3-c3ccccc3)N=C2c2ccccc2Cl)ccc1CO. The Morgan fingerprint density at radius 1 is 0.604 bits per heavy atom. The number of aromatic nitrogens is 2. The Morgan fingerprint density at radius 3 is 1.79 bits per heavy atom. The summed E-state index contributed by atoms with van der Waals surface area (Å²) in [7, 11) is 1.57. The van der Waals surface area contributed by atoms with Crippen molar-refractivity contribution in [1.82, 2.24) is 9.55 Å². The van der Waals surface area contributed by atoms with Gasteiger partial charge >= 0.3 is 0 Å². The minimum absolute atomic E-state index is 0.191. The first kappa shape index (κ1) is 34.6. The Labute approximate surface area is 322 Å². The lowest BCUT2D eigenvalue weighted by atomic mass is 9.98. The molecule has 0 amide bonds. The van der Waals surface area contributed by atoms with Crippen molar-refractivity contribution in [3.05, 3.63) is 189 Å². The van der Waals surface area contributed by atoms with E-state index in [0.29, 0.717) is 71.6 Å². The molecule has 2 heterocycles. The molecule has 7 aromatic rings. The molecule has 8 rings (SSSR count). The smallest absolute Gasteiger partial charge is 0.263 e. The van der Waals surface area contributed by atoms with Gasteiger partial charge in [0, 0.05) is 38.9 Å². The quantitative estimate of drug-likeness (QED) is 0.160. The fourth-order valence-electron chi connectivity index (χ4n) is 6.79. The molecule has 6 aromatic carbocycles. The van der Waals surface area contributed by atoms with E-state index in [-0.39, 0.29) is 6.61 Å². The Bertz CT molecular complexity index is 2530. The summed E-state index contributed by atoms with van der Waals surface area (Å²) in [5.41, 5.74) is 7.65. The standard InChI is InChI=1S/C44H31Cl3N4O2/c1-53-38-26-30(24-25-31(38)27-52)39-41(32-18-8-11-21-35(32)45)50-44(49-39,34-20-10-13-23-37(34)47)51-42(29-16-6-3-7-17-29)40(28-14-4-2-5-15-28)48-43(51)33-19-9-12-22-36(33)46/h2-26,52H,27H2,1H3. The Balaban J connectivity index is 1.58. The fourth-order valence-corrected chi connectivity index (χ4v) is 7.50. The van der Waals surface area contributed by atoms with Crippen molar-refractivity contribution in [3.8, 4) is 39.7 Å². The zero-order chi connectivity index (χ0) is 36.5. The van der Waals surface area contributed by atoms with Gasteiger partial charge in [0.05, 0.1) is 51.6 Å². The number of methoxy groups -OCH3 is 1. The third-order valence-electron chi connectivity index (χ3n) is 9.25. The number of aliphatic imine (C=N–C) groups is 2. The van der Waals surface area contributed by atoms with Gasteiger partial charge in [-0.05, 0) is 30.3 Å². The molecule has 0 fully saturated rings. The van der Waals surface area contributed by atoms with Crippen LogP contribution in [0.3, 0.4) is 0 Å². The van der Waals surface area contributed by atoms with Gasteiger partial charge < -0.3 is 9.84 Å². The topological polar surface area (TPSA) is 72.0 Å². The summed E-state index contributed by atoms with van der Waals surface area (Å²) in [6, 6.07) is 48.4. The summed E-state index contributed by atoms with van der Waals surface area (Å²) in [6.45, 7) is -0.191. The molecule has 9 heteroatoms. The highest BCUT2D eigenvalue weighted by Crippen LogP contribution is 2.49. The molecule has 53 heavy (non-hydrogen) atoms. The number of benzene rings is 6. The first-order valence-electron chi connectivity index (χ1n) is 16.9. The van der Waals surface area contributed by atoms with Crippen molar-refractivity contribution < 1.29 is 9.84 Å². The van der Waals surface area contributed by atoms with Crippen LogP contribution in [0, 0.1) is 0 Å². The summed E-state index contributed by atoms with van der Waals surface area (Å²) >= 11 is 21.3. The Kier molecular flexibility index (Phi) is 9.46. The number of hydrogen-bond donors (Lipinski definition) is 1. The highest BCUT2D eigenvalue weighted by atomic mass is 35.5. The summed E-state index contributed by atoms with van der Waals surface area (Å²) < 4.78 is 7.78. The first-order valence-corrected chi connectivity index (χ1v) is 18.0. The van der Waals surface area contributed by atoms with Gasteiger partial charge in [0.2, 0.25) is 0 Å². The Morgan fingerprint density at radius 2 is 1.17 bits per heavy atom. The molecule has 1 aromatic heterocycles. The highest BCUT2D eigenvalue weighted by Gasteiger charge is 2.46. The lowest BCUT2D eigenvalue weighted by molar-refractivity contribution is 0.274. The van der Waals surface area contributed by atoms with Gasteiger partial charge in [-0.3, -0.25) is 4.57 Å². The van der Waals surface area contributed by atoms with Crippen LogP contribution >= 0.6 is 34.8 Å². The molecule has 0 saturated heterocycles. The average molecular weight is 754 g/mol. The number of halogens is 3. The van der Waals surface area contributed by atoms with Crippen LogP contribution in [0.2, 0.25) is 15.1 Å². The van der Waals surface area contributed by atoms with Gasteiger partial charge in [-0.15, -0.1) is 0 Å². The van der Waals surface area contributed by atoms with Gasteiger partial charge in [0.15, 0.2) is 0 Å². The molecule has 6 nitrogen and oxygen atoms in total. The zero-order valence-electron chi connectivity index (χ0n) is 28.4. The van der Waals surface area contributed by atoms with Crippen molar-refractivity contribution >= 4 is 46.2 Å². The second-order valence-electron chi connectivity index (χ2n) is 12.4. The maximum Gasteiger partial charge on any atom is 0.263 e. The number of imidazole rings is 1. The van der Waals surface area contributed by atoms with Gasteiger partial charge in [-0.25, -0.2) is 15.0 Å². The van der Waals surface area contributed by atoms with E-state index in [1.165, 1.54) is 0 Å². The molecular weight excluding hydrogens is 723 g/mol. The molecule has 0 saturated carbocycles. The van der Waals surface area contributed by atoms with E-state index in [2.05, 4.69) is 4.57 Å². The van der Waals surface area contributed by atoms with Gasteiger partial charge in [-0.2, -0.15) is 0 Å². The molecule has 1 unspecified atom stereocenters. The van der Waals surface area contributed by atoms with Gasteiger partial charge in [-0.1, -0.05) is 156 Å². The van der Waals surface area contributed by atoms with Crippen LogP contribution in [0.25, 0.3) is 33.9 Å². The van der Waals surface area contributed by atoms with E-state index in [4.69, 9.17) is 54.5 Å². The van der Waals surface area contributed by atoms with Crippen molar-refractivity contribution in [3.63, 3.8) is 0 Å². The molecule has 1 atom stereocenters. The summed E-state index contributed by atoms with van der Waals surface area (Å²) in [5, 5.41) is 11.5. The Hall–Kier alpha value is -5.50. The molecule has 260 valence electrons. The molecular formula is C44H31Cl3N4O2. The maximum absolute atomic E-state index is 10.1. The van der Waals surface area contributed by atoms with E-state index >= 15 is 0 Å². The van der Waals surface area contributed by atoms with E-state index in [1.807, 2.05) is 152 Å². The normalized spacial score (nSPS) is 15.3. The van der Waals surface area contributed by atoms with Crippen LogP contribution in [0.15, 0.2) is 162 Å². The molecule has 0 bridgehead atoms. The van der Waals surface area contributed by atoms with Crippen LogP contribution in [0.1, 0.15) is 22.3 Å². The predicted octanol–water partition coefficient (Wildman–Crippen LogP) is 11.0. The molecule has 0 spiro atoms. The average Bonchev–Trinajstić information content (AvgIpc) is 3.80. The number of rotatable bonds is 9. The lowest BCUT2D eigenvalue weighted by Gasteiger charge is -2.30. The van der Waals surface area contributed by atoms with Crippen LogP contribution in [0.4, 0.5) is 0 Å². The number of aliphatic hydroxyl groups is 1. The largest absolute Gasteiger partial charge is 0.496 e.